The lowest BCUT2D eigenvalue weighted by atomic mass is 9.83. The summed E-state index contributed by atoms with van der Waals surface area (Å²) in [6.07, 6.45) is 4.71. The van der Waals surface area contributed by atoms with Gasteiger partial charge >= 0.3 is 0 Å². The molecule has 1 aliphatic carbocycles. The number of rotatable bonds is 5. The maximum absolute atomic E-state index is 11.8. The van der Waals surface area contributed by atoms with Gasteiger partial charge in [-0.05, 0) is 39.2 Å². The van der Waals surface area contributed by atoms with Crippen LogP contribution in [0.5, 0.6) is 0 Å². The molecule has 2 atom stereocenters. The molecule has 1 amide bonds. The number of amides is 1. The highest BCUT2D eigenvalue weighted by molar-refractivity contribution is 5.99. The Bertz CT molecular complexity index is 510. The number of nitrogens with two attached hydrogens (primary N) is 2. The van der Waals surface area contributed by atoms with Crippen LogP contribution in [0.15, 0.2) is 0 Å². The summed E-state index contributed by atoms with van der Waals surface area (Å²) >= 11 is 0. The van der Waals surface area contributed by atoms with E-state index in [-0.39, 0.29) is 0 Å². The molecule has 0 spiro atoms. The topological polar surface area (TPSA) is 90.2 Å². The summed E-state index contributed by atoms with van der Waals surface area (Å²) in [6.45, 7) is 5.44. The lowest BCUT2D eigenvalue weighted by Gasteiger charge is -2.40. The van der Waals surface area contributed by atoms with Crippen molar-refractivity contribution in [2.45, 2.75) is 45.6 Å². The molecule has 2 unspecified atom stereocenters. The summed E-state index contributed by atoms with van der Waals surface area (Å²) in [5.74, 6) is 0.900. The normalized spacial score (nSPS) is 22.3. The average molecular weight is 293 g/mol. The van der Waals surface area contributed by atoms with Gasteiger partial charge in [-0.3, -0.25) is 9.48 Å². The Balaban J connectivity index is 2.43. The highest BCUT2D eigenvalue weighted by Gasteiger charge is 2.33. The molecular weight excluding hydrogens is 266 g/mol. The Morgan fingerprint density at radius 3 is 2.67 bits per heavy atom. The summed E-state index contributed by atoms with van der Waals surface area (Å²) < 4.78 is 1.78. The fourth-order valence-corrected chi connectivity index (χ4v) is 3.68. The van der Waals surface area contributed by atoms with Gasteiger partial charge in [0.25, 0.3) is 5.91 Å². The van der Waals surface area contributed by atoms with E-state index in [9.17, 15) is 4.79 Å². The molecule has 0 bridgehead atoms. The van der Waals surface area contributed by atoms with E-state index in [0.717, 1.165) is 25.2 Å². The molecule has 4 N–H and O–H groups in total. The van der Waals surface area contributed by atoms with E-state index in [4.69, 9.17) is 11.5 Å². The van der Waals surface area contributed by atoms with Crippen molar-refractivity contribution in [3.63, 3.8) is 0 Å². The van der Waals surface area contributed by atoms with E-state index in [1.54, 1.807) is 4.68 Å². The van der Waals surface area contributed by atoms with Crippen molar-refractivity contribution in [2.24, 2.45) is 24.4 Å². The van der Waals surface area contributed by atoms with Crippen LogP contribution >= 0.6 is 0 Å². The summed E-state index contributed by atoms with van der Waals surface area (Å²) in [4.78, 5) is 14.1. The van der Waals surface area contributed by atoms with E-state index in [2.05, 4.69) is 16.9 Å². The smallest absolute Gasteiger partial charge is 0.254 e. The standard InChI is InChI=1S/C15H27N5O/c1-4-20(12-8-6-5-7-11(12)9-16)15-13(14(17)21)10(2)18-19(15)3/h11-12H,4-9,16H2,1-3H3,(H2,17,21). The SMILES string of the molecule is CCN(c1c(C(N)=O)c(C)nn1C)C1CCCCC1CN. The number of carbonyl (C=O) groups excluding carboxylic acids is 1. The van der Waals surface area contributed by atoms with Crippen molar-refractivity contribution in [1.29, 1.82) is 0 Å². The molecule has 1 aromatic rings. The maximum Gasteiger partial charge on any atom is 0.254 e. The van der Waals surface area contributed by atoms with E-state index in [1.807, 2.05) is 14.0 Å². The maximum atomic E-state index is 11.8. The number of aryl methyl sites for hydroxylation is 2. The lowest BCUT2D eigenvalue weighted by molar-refractivity contribution is 0.1000. The molecule has 1 aromatic heterocycles. The molecule has 0 aromatic carbocycles. The molecule has 1 saturated carbocycles. The van der Waals surface area contributed by atoms with Crippen molar-refractivity contribution in [1.82, 2.24) is 9.78 Å². The van der Waals surface area contributed by atoms with E-state index in [0.29, 0.717) is 29.8 Å². The Kier molecular flexibility index (Phi) is 4.88. The number of nitrogens with zero attached hydrogens (tertiary/aromatic N) is 3. The summed E-state index contributed by atoms with van der Waals surface area (Å²) in [5, 5.41) is 4.39. The van der Waals surface area contributed by atoms with Crippen molar-refractivity contribution in [3.05, 3.63) is 11.3 Å². The Hall–Kier alpha value is -1.56. The van der Waals surface area contributed by atoms with Crippen LogP contribution < -0.4 is 16.4 Å². The monoisotopic (exact) mass is 293 g/mol. The average Bonchev–Trinajstić information content (AvgIpc) is 2.75. The second kappa shape index (κ2) is 6.47. The van der Waals surface area contributed by atoms with Gasteiger partial charge in [-0.2, -0.15) is 5.10 Å². The number of primary amides is 1. The predicted molar refractivity (Wildman–Crippen MR) is 84.3 cm³/mol. The Morgan fingerprint density at radius 1 is 1.43 bits per heavy atom. The lowest BCUT2D eigenvalue weighted by Crippen LogP contribution is -2.46. The van der Waals surface area contributed by atoms with E-state index >= 15 is 0 Å². The van der Waals surface area contributed by atoms with E-state index in [1.165, 1.54) is 12.8 Å². The first-order valence-corrected chi connectivity index (χ1v) is 7.81. The second-order valence-electron chi connectivity index (χ2n) is 5.91. The second-order valence-corrected chi connectivity index (χ2v) is 5.91. The third-order valence-corrected chi connectivity index (χ3v) is 4.62. The van der Waals surface area contributed by atoms with Crippen LogP contribution in [0, 0.1) is 12.8 Å². The van der Waals surface area contributed by atoms with Gasteiger partial charge in [-0.25, -0.2) is 0 Å². The molecular formula is C15H27N5O. The zero-order chi connectivity index (χ0) is 15.6. The number of aromatic nitrogens is 2. The molecule has 6 heteroatoms. The van der Waals surface area contributed by atoms with Crippen molar-refractivity contribution < 1.29 is 4.79 Å². The minimum atomic E-state index is -0.408. The van der Waals surface area contributed by atoms with Crippen LogP contribution in [0.4, 0.5) is 5.82 Å². The fraction of sp³-hybridized carbons (Fsp3) is 0.733. The summed E-state index contributed by atoms with van der Waals surface area (Å²) in [7, 11) is 1.87. The summed E-state index contributed by atoms with van der Waals surface area (Å²) in [5.41, 5.74) is 12.8. The predicted octanol–water partition coefficient (Wildman–Crippen LogP) is 1.17. The first-order chi connectivity index (χ1) is 10.0. The van der Waals surface area contributed by atoms with Crippen LogP contribution in [-0.4, -0.2) is 34.8 Å². The number of anilines is 1. The molecule has 0 radical (unpaired) electrons. The number of carbonyl (C=O) groups is 1. The van der Waals surface area contributed by atoms with E-state index < -0.39 is 5.91 Å². The van der Waals surface area contributed by atoms with Gasteiger partial charge in [0, 0.05) is 19.6 Å². The molecule has 118 valence electrons. The first-order valence-electron chi connectivity index (χ1n) is 7.81. The van der Waals surface area contributed by atoms with Crippen molar-refractivity contribution in [2.75, 3.05) is 18.0 Å². The molecule has 0 saturated heterocycles. The third-order valence-electron chi connectivity index (χ3n) is 4.62. The Morgan fingerprint density at radius 2 is 2.10 bits per heavy atom. The molecule has 21 heavy (non-hydrogen) atoms. The zero-order valence-corrected chi connectivity index (χ0v) is 13.3. The molecule has 1 fully saturated rings. The highest BCUT2D eigenvalue weighted by Crippen LogP contribution is 2.33. The van der Waals surface area contributed by atoms with Gasteiger partial charge < -0.3 is 16.4 Å². The fourth-order valence-electron chi connectivity index (χ4n) is 3.68. The summed E-state index contributed by atoms with van der Waals surface area (Å²) in [6, 6.07) is 0.363. The molecule has 2 rings (SSSR count). The van der Waals surface area contributed by atoms with Gasteiger partial charge in [0.1, 0.15) is 11.4 Å². The number of hydrogen-bond acceptors (Lipinski definition) is 4. The van der Waals surface area contributed by atoms with Gasteiger partial charge in [0.2, 0.25) is 0 Å². The molecule has 1 heterocycles. The van der Waals surface area contributed by atoms with Gasteiger partial charge in [0.15, 0.2) is 0 Å². The molecule has 6 nitrogen and oxygen atoms in total. The zero-order valence-electron chi connectivity index (χ0n) is 13.3. The van der Waals surface area contributed by atoms with Crippen molar-refractivity contribution in [3.8, 4) is 0 Å². The van der Waals surface area contributed by atoms with Crippen LogP contribution in [-0.2, 0) is 7.05 Å². The van der Waals surface area contributed by atoms with Crippen LogP contribution in [0.2, 0.25) is 0 Å². The Labute approximate surface area is 126 Å². The van der Waals surface area contributed by atoms with Gasteiger partial charge in [-0.1, -0.05) is 12.8 Å². The quantitative estimate of drug-likeness (QED) is 0.852. The van der Waals surface area contributed by atoms with Crippen LogP contribution in [0.25, 0.3) is 0 Å². The third kappa shape index (κ3) is 2.90. The van der Waals surface area contributed by atoms with Crippen LogP contribution in [0.3, 0.4) is 0 Å². The van der Waals surface area contributed by atoms with Crippen LogP contribution in [0.1, 0.15) is 48.7 Å². The largest absolute Gasteiger partial charge is 0.365 e. The van der Waals surface area contributed by atoms with Gasteiger partial charge in [0.05, 0.1) is 5.69 Å². The minimum Gasteiger partial charge on any atom is -0.365 e. The highest BCUT2D eigenvalue weighted by atomic mass is 16.1. The van der Waals surface area contributed by atoms with Crippen molar-refractivity contribution >= 4 is 11.7 Å². The number of hydrogen-bond donors (Lipinski definition) is 2. The molecule has 1 aliphatic rings. The first kappa shape index (κ1) is 15.8. The van der Waals surface area contributed by atoms with Gasteiger partial charge in [-0.15, -0.1) is 0 Å². The molecule has 0 aliphatic heterocycles. The minimum absolute atomic E-state index is 0.363.